The standard InChI is InChI=1S/C42H30N4/c1-27-21-22-32-23-24-35-36(25-28(2)44-42(35)40(32)43-27)33-19-12-20-34(26-33)41-39(31-17-10-5-11-18-31)45-37(29-13-6-3-7-14-29)38(46-41)30-15-8-4-9-16-30/h3-26H,1-2H3. The number of aryl methyl sites for hydroxylation is 2. The van der Waals surface area contributed by atoms with E-state index >= 15 is 0 Å². The van der Waals surface area contributed by atoms with Crippen molar-refractivity contribution in [2.45, 2.75) is 13.8 Å². The highest BCUT2D eigenvalue weighted by atomic mass is 14.9. The molecule has 0 aliphatic carbocycles. The van der Waals surface area contributed by atoms with Crippen molar-refractivity contribution in [2.24, 2.45) is 0 Å². The van der Waals surface area contributed by atoms with Gasteiger partial charge in [0.2, 0.25) is 0 Å². The SMILES string of the molecule is Cc1ccc2ccc3c(-c4cccc(-c5nc(-c6ccccc6)c(-c6ccccc6)nc5-c5ccccc5)c4)cc(C)nc3c2n1. The Morgan fingerprint density at radius 3 is 1.41 bits per heavy atom. The highest BCUT2D eigenvalue weighted by Crippen LogP contribution is 2.39. The largest absolute Gasteiger partial charge is 0.251 e. The Kier molecular flexibility index (Phi) is 6.88. The van der Waals surface area contributed by atoms with E-state index in [9.17, 15) is 0 Å². The van der Waals surface area contributed by atoms with Crippen molar-refractivity contribution in [2.75, 3.05) is 0 Å². The van der Waals surface area contributed by atoms with Crippen molar-refractivity contribution < 1.29 is 0 Å². The molecule has 0 amide bonds. The first-order valence-electron chi connectivity index (χ1n) is 15.5. The first kappa shape index (κ1) is 27.5. The number of hydrogen-bond acceptors (Lipinski definition) is 4. The van der Waals surface area contributed by atoms with Gasteiger partial charge in [0.15, 0.2) is 0 Å². The normalized spacial score (nSPS) is 11.3. The predicted octanol–water partition coefficient (Wildman–Crippen LogP) is 10.5. The third kappa shape index (κ3) is 5.00. The zero-order chi connectivity index (χ0) is 31.0. The average molecular weight is 591 g/mol. The van der Waals surface area contributed by atoms with Crippen molar-refractivity contribution in [3.05, 3.63) is 157 Å². The van der Waals surface area contributed by atoms with Crippen LogP contribution in [0.1, 0.15) is 11.4 Å². The summed E-state index contributed by atoms with van der Waals surface area (Å²) in [5, 5.41) is 2.16. The molecule has 8 aromatic rings. The third-order valence-corrected chi connectivity index (χ3v) is 8.39. The quantitative estimate of drug-likeness (QED) is 0.187. The molecule has 4 heteroatoms. The molecular formula is C42H30N4. The summed E-state index contributed by atoms with van der Waals surface area (Å²) in [4.78, 5) is 20.7. The molecule has 4 nitrogen and oxygen atoms in total. The number of aromatic nitrogens is 4. The van der Waals surface area contributed by atoms with Gasteiger partial charge in [-0.15, -0.1) is 0 Å². The summed E-state index contributed by atoms with van der Waals surface area (Å²) in [6, 6.07) is 50.3. The Labute approximate surface area is 268 Å². The van der Waals surface area contributed by atoms with Crippen molar-refractivity contribution in [3.63, 3.8) is 0 Å². The minimum Gasteiger partial charge on any atom is -0.251 e. The van der Waals surface area contributed by atoms with Crippen LogP contribution in [0.3, 0.4) is 0 Å². The van der Waals surface area contributed by atoms with Gasteiger partial charge in [-0.05, 0) is 43.2 Å². The topological polar surface area (TPSA) is 51.6 Å². The number of nitrogens with zero attached hydrogens (tertiary/aromatic N) is 4. The smallest absolute Gasteiger partial charge is 0.0974 e. The molecular weight excluding hydrogens is 560 g/mol. The van der Waals surface area contributed by atoms with Crippen LogP contribution in [0.25, 0.3) is 78.0 Å². The molecule has 3 heterocycles. The third-order valence-electron chi connectivity index (χ3n) is 8.39. The maximum Gasteiger partial charge on any atom is 0.0974 e. The van der Waals surface area contributed by atoms with Gasteiger partial charge in [0.25, 0.3) is 0 Å². The van der Waals surface area contributed by atoms with Crippen molar-refractivity contribution in [1.29, 1.82) is 0 Å². The number of pyridine rings is 2. The lowest BCUT2D eigenvalue weighted by Crippen LogP contribution is -2.01. The van der Waals surface area contributed by atoms with Crippen molar-refractivity contribution in [3.8, 4) is 56.2 Å². The first-order chi connectivity index (χ1) is 22.6. The van der Waals surface area contributed by atoms with Crippen molar-refractivity contribution >= 4 is 21.8 Å². The van der Waals surface area contributed by atoms with Crippen LogP contribution in [0.2, 0.25) is 0 Å². The van der Waals surface area contributed by atoms with Gasteiger partial charge in [0.05, 0.1) is 33.8 Å². The van der Waals surface area contributed by atoms with Crippen LogP contribution in [-0.4, -0.2) is 19.9 Å². The maximum absolute atomic E-state index is 5.45. The van der Waals surface area contributed by atoms with E-state index in [1.165, 1.54) is 0 Å². The molecule has 0 atom stereocenters. The van der Waals surface area contributed by atoms with Gasteiger partial charge in [-0.3, -0.25) is 9.97 Å². The van der Waals surface area contributed by atoms with E-state index in [-0.39, 0.29) is 0 Å². The summed E-state index contributed by atoms with van der Waals surface area (Å²) in [6.07, 6.45) is 0. The Bertz CT molecular complexity index is 2370. The summed E-state index contributed by atoms with van der Waals surface area (Å²) in [5.41, 5.74) is 13.5. The molecule has 0 bridgehead atoms. The van der Waals surface area contributed by atoms with Crippen LogP contribution in [0.15, 0.2) is 146 Å². The zero-order valence-corrected chi connectivity index (χ0v) is 25.6. The van der Waals surface area contributed by atoms with Crippen LogP contribution in [0.5, 0.6) is 0 Å². The summed E-state index contributed by atoms with van der Waals surface area (Å²) in [6.45, 7) is 4.07. The first-order valence-corrected chi connectivity index (χ1v) is 15.5. The van der Waals surface area contributed by atoms with Gasteiger partial charge in [-0.2, -0.15) is 0 Å². The lowest BCUT2D eigenvalue weighted by Gasteiger charge is -2.17. The van der Waals surface area contributed by atoms with Crippen LogP contribution in [-0.2, 0) is 0 Å². The summed E-state index contributed by atoms with van der Waals surface area (Å²) < 4.78 is 0. The monoisotopic (exact) mass is 590 g/mol. The molecule has 0 saturated carbocycles. The minimum atomic E-state index is 0.837. The molecule has 0 radical (unpaired) electrons. The van der Waals surface area contributed by atoms with Gasteiger partial charge in [0, 0.05) is 44.4 Å². The van der Waals surface area contributed by atoms with Crippen molar-refractivity contribution in [1.82, 2.24) is 19.9 Å². The van der Waals surface area contributed by atoms with Gasteiger partial charge in [0.1, 0.15) is 0 Å². The Balaban J connectivity index is 1.38. The molecule has 0 saturated heterocycles. The summed E-state index contributed by atoms with van der Waals surface area (Å²) >= 11 is 0. The molecule has 0 N–H and O–H groups in total. The lowest BCUT2D eigenvalue weighted by molar-refractivity contribution is 1.21. The van der Waals surface area contributed by atoms with E-state index in [0.717, 1.165) is 89.4 Å². The van der Waals surface area contributed by atoms with E-state index in [1.807, 2.05) is 55.5 Å². The minimum absolute atomic E-state index is 0.837. The molecule has 0 aliphatic rings. The summed E-state index contributed by atoms with van der Waals surface area (Å²) in [5.74, 6) is 0. The molecule has 8 rings (SSSR count). The Morgan fingerprint density at radius 2 is 0.826 bits per heavy atom. The van der Waals surface area contributed by atoms with Crippen LogP contribution >= 0.6 is 0 Å². The molecule has 0 aliphatic heterocycles. The summed E-state index contributed by atoms with van der Waals surface area (Å²) in [7, 11) is 0. The van der Waals surface area contributed by atoms with E-state index in [0.29, 0.717) is 0 Å². The Hall–Kier alpha value is -6.00. The second-order valence-electron chi connectivity index (χ2n) is 11.6. The van der Waals surface area contributed by atoms with E-state index in [4.69, 9.17) is 19.9 Å². The van der Waals surface area contributed by atoms with E-state index in [2.05, 4.69) is 104 Å². The van der Waals surface area contributed by atoms with Gasteiger partial charge in [-0.25, -0.2) is 9.97 Å². The fourth-order valence-electron chi connectivity index (χ4n) is 6.20. The zero-order valence-electron chi connectivity index (χ0n) is 25.6. The molecule has 0 unspecified atom stereocenters. The molecule has 0 fully saturated rings. The maximum atomic E-state index is 5.45. The van der Waals surface area contributed by atoms with E-state index in [1.54, 1.807) is 0 Å². The second kappa shape index (κ2) is 11.5. The molecule has 5 aromatic carbocycles. The van der Waals surface area contributed by atoms with Gasteiger partial charge < -0.3 is 0 Å². The van der Waals surface area contributed by atoms with Crippen LogP contribution < -0.4 is 0 Å². The van der Waals surface area contributed by atoms with Crippen LogP contribution in [0.4, 0.5) is 0 Å². The van der Waals surface area contributed by atoms with Gasteiger partial charge >= 0.3 is 0 Å². The fraction of sp³-hybridized carbons (Fsp3) is 0.0476. The van der Waals surface area contributed by atoms with E-state index < -0.39 is 0 Å². The van der Waals surface area contributed by atoms with Crippen LogP contribution in [0, 0.1) is 13.8 Å². The molecule has 0 spiro atoms. The fourth-order valence-corrected chi connectivity index (χ4v) is 6.20. The molecule has 218 valence electrons. The number of fused-ring (bicyclic) bond motifs is 3. The van der Waals surface area contributed by atoms with Gasteiger partial charge in [-0.1, -0.05) is 127 Å². The molecule has 3 aromatic heterocycles. The number of benzene rings is 5. The Morgan fingerprint density at radius 1 is 0.348 bits per heavy atom. The lowest BCUT2D eigenvalue weighted by atomic mass is 9.95. The predicted molar refractivity (Wildman–Crippen MR) is 189 cm³/mol. The molecule has 46 heavy (non-hydrogen) atoms. The highest BCUT2D eigenvalue weighted by molar-refractivity contribution is 6.08. The second-order valence-corrected chi connectivity index (χ2v) is 11.6. The number of hydrogen-bond donors (Lipinski definition) is 0. The average Bonchev–Trinajstić information content (AvgIpc) is 3.12. The highest BCUT2D eigenvalue weighted by Gasteiger charge is 2.20. The number of rotatable bonds is 5.